The molecule has 0 N–H and O–H groups in total. The summed E-state index contributed by atoms with van der Waals surface area (Å²) in [4.78, 5) is 6.81. The Morgan fingerprint density at radius 1 is 1.12 bits per heavy atom. The lowest BCUT2D eigenvalue weighted by molar-refractivity contribution is 0.403. The third kappa shape index (κ3) is 2.47. The van der Waals surface area contributed by atoms with Gasteiger partial charge in [0.15, 0.2) is 0 Å². The summed E-state index contributed by atoms with van der Waals surface area (Å²) in [5.74, 6) is 0.466. The Morgan fingerprint density at radius 2 is 1.76 bits per heavy atom. The lowest BCUT2D eigenvalue weighted by atomic mass is 9.99. The molecule has 1 aromatic carbocycles. The first-order valence-electron chi connectivity index (χ1n) is 6.11. The largest absolute Gasteiger partial charge is 0.305 e. The van der Waals surface area contributed by atoms with E-state index in [1.54, 1.807) is 0 Å². The van der Waals surface area contributed by atoms with Crippen molar-refractivity contribution < 1.29 is 0 Å². The summed E-state index contributed by atoms with van der Waals surface area (Å²) in [6, 6.07) is 8.57. The molecule has 0 unspecified atom stereocenters. The van der Waals surface area contributed by atoms with E-state index >= 15 is 0 Å². The number of benzene rings is 1. The van der Waals surface area contributed by atoms with Crippen molar-refractivity contribution in [3.63, 3.8) is 0 Å². The summed E-state index contributed by atoms with van der Waals surface area (Å²) >= 11 is 0. The molecule has 0 spiro atoms. The Kier molecular flexibility index (Phi) is 3.43. The maximum atomic E-state index is 4.63. The SMILES string of the molecule is CC(C)c1ncc(CN(C)C)c2ccccc12. The predicted octanol–water partition coefficient (Wildman–Crippen LogP) is 3.42. The van der Waals surface area contributed by atoms with E-state index in [4.69, 9.17) is 0 Å². The number of fused-ring (bicyclic) bond motifs is 1. The predicted molar refractivity (Wildman–Crippen MR) is 73.2 cm³/mol. The van der Waals surface area contributed by atoms with Crippen LogP contribution in [0.2, 0.25) is 0 Å². The van der Waals surface area contributed by atoms with E-state index in [2.05, 4.69) is 62.1 Å². The van der Waals surface area contributed by atoms with Crippen molar-refractivity contribution in [3.8, 4) is 0 Å². The van der Waals surface area contributed by atoms with Gasteiger partial charge in [-0.05, 0) is 31.0 Å². The molecule has 90 valence electrons. The Bertz CT molecular complexity index is 515. The van der Waals surface area contributed by atoms with Gasteiger partial charge in [0, 0.05) is 18.1 Å². The van der Waals surface area contributed by atoms with Crippen LogP contribution in [0.5, 0.6) is 0 Å². The molecule has 0 bridgehead atoms. The zero-order valence-electron chi connectivity index (χ0n) is 11.1. The van der Waals surface area contributed by atoms with E-state index in [0.29, 0.717) is 5.92 Å². The standard InChI is InChI=1S/C15H20N2/c1-11(2)15-14-8-6-5-7-13(14)12(9-16-15)10-17(3)4/h5-9,11H,10H2,1-4H3. The molecule has 0 fully saturated rings. The van der Waals surface area contributed by atoms with Gasteiger partial charge in [0.05, 0.1) is 5.69 Å². The number of hydrogen-bond acceptors (Lipinski definition) is 2. The van der Waals surface area contributed by atoms with Gasteiger partial charge in [0.1, 0.15) is 0 Å². The molecule has 2 rings (SSSR count). The van der Waals surface area contributed by atoms with Crippen LogP contribution in [-0.4, -0.2) is 24.0 Å². The Balaban J connectivity index is 2.62. The van der Waals surface area contributed by atoms with Crippen molar-refractivity contribution in [2.45, 2.75) is 26.3 Å². The molecule has 0 aliphatic heterocycles. The van der Waals surface area contributed by atoms with Crippen molar-refractivity contribution in [3.05, 3.63) is 41.7 Å². The van der Waals surface area contributed by atoms with Crippen LogP contribution in [0.4, 0.5) is 0 Å². The molecule has 1 heterocycles. The fraction of sp³-hybridized carbons (Fsp3) is 0.400. The summed E-state index contributed by atoms with van der Waals surface area (Å²) in [5.41, 5.74) is 2.50. The number of aromatic nitrogens is 1. The van der Waals surface area contributed by atoms with Crippen LogP contribution in [0.15, 0.2) is 30.5 Å². The lowest BCUT2D eigenvalue weighted by Gasteiger charge is -2.15. The summed E-state index contributed by atoms with van der Waals surface area (Å²) in [5, 5.41) is 2.63. The molecule has 1 aromatic heterocycles. The van der Waals surface area contributed by atoms with Crippen LogP contribution < -0.4 is 0 Å². The molecule has 0 atom stereocenters. The highest BCUT2D eigenvalue weighted by Gasteiger charge is 2.10. The molecule has 0 radical (unpaired) electrons. The van der Waals surface area contributed by atoms with E-state index in [-0.39, 0.29) is 0 Å². The number of nitrogens with zero attached hydrogens (tertiary/aromatic N) is 2. The minimum absolute atomic E-state index is 0.466. The molecule has 2 aromatic rings. The molecule has 17 heavy (non-hydrogen) atoms. The van der Waals surface area contributed by atoms with Gasteiger partial charge in [0.25, 0.3) is 0 Å². The highest BCUT2D eigenvalue weighted by molar-refractivity contribution is 5.87. The van der Waals surface area contributed by atoms with Crippen molar-refractivity contribution in [2.75, 3.05) is 14.1 Å². The van der Waals surface area contributed by atoms with Gasteiger partial charge >= 0.3 is 0 Å². The maximum Gasteiger partial charge on any atom is 0.0507 e. The molecule has 2 heteroatoms. The van der Waals surface area contributed by atoms with Crippen molar-refractivity contribution in [2.24, 2.45) is 0 Å². The van der Waals surface area contributed by atoms with Crippen molar-refractivity contribution >= 4 is 10.8 Å². The van der Waals surface area contributed by atoms with Gasteiger partial charge in [-0.25, -0.2) is 0 Å². The third-order valence-corrected chi connectivity index (χ3v) is 2.94. The van der Waals surface area contributed by atoms with Gasteiger partial charge in [-0.1, -0.05) is 38.1 Å². The summed E-state index contributed by atoms with van der Waals surface area (Å²) in [6.07, 6.45) is 2.03. The first-order valence-corrected chi connectivity index (χ1v) is 6.11. The topological polar surface area (TPSA) is 16.1 Å². The van der Waals surface area contributed by atoms with Crippen molar-refractivity contribution in [1.82, 2.24) is 9.88 Å². The van der Waals surface area contributed by atoms with Gasteiger partial charge in [0.2, 0.25) is 0 Å². The van der Waals surface area contributed by atoms with E-state index in [9.17, 15) is 0 Å². The molecular formula is C15H20N2. The Morgan fingerprint density at radius 3 is 2.35 bits per heavy atom. The summed E-state index contributed by atoms with van der Waals surface area (Å²) < 4.78 is 0. The molecule has 0 saturated heterocycles. The Labute approximate surface area is 103 Å². The highest BCUT2D eigenvalue weighted by Crippen LogP contribution is 2.26. The van der Waals surface area contributed by atoms with E-state index in [0.717, 1.165) is 6.54 Å². The molecule has 0 amide bonds. The van der Waals surface area contributed by atoms with E-state index in [1.165, 1.54) is 22.0 Å². The smallest absolute Gasteiger partial charge is 0.0507 e. The van der Waals surface area contributed by atoms with E-state index in [1.807, 2.05) is 6.20 Å². The number of pyridine rings is 1. The number of hydrogen-bond donors (Lipinski definition) is 0. The second-order valence-electron chi connectivity index (χ2n) is 5.11. The minimum Gasteiger partial charge on any atom is -0.305 e. The second kappa shape index (κ2) is 4.84. The lowest BCUT2D eigenvalue weighted by Crippen LogP contribution is -2.11. The van der Waals surface area contributed by atoms with Crippen LogP contribution >= 0.6 is 0 Å². The van der Waals surface area contributed by atoms with Crippen LogP contribution in [0.25, 0.3) is 10.8 Å². The average Bonchev–Trinajstić information content (AvgIpc) is 2.28. The minimum atomic E-state index is 0.466. The zero-order chi connectivity index (χ0) is 12.4. The fourth-order valence-electron chi connectivity index (χ4n) is 2.20. The van der Waals surface area contributed by atoms with Crippen LogP contribution in [0.1, 0.15) is 31.0 Å². The average molecular weight is 228 g/mol. The summed E-state index contributed by atoms with van der Waals surface area (Å²) in [6.45, 7) is 5.33. The van der Waals surface area contributed by atoms with Crippen LogP contribution in [-0.2, 0) is 6.54 Å². The van der Waals surface area contributed by atoms with Crippen LogP contribution in [0.3, 0.4) is 0 Å². The molecular weight excluding hydrogens is 208 g/mol. The number of rotatable bonds is 3. The first kappa shape index (κ1) is 12.1. The zero-order valence-corrected chi connectivity index (χ0v) is 11.1. The highest BCUT2D eigenvalue weighted by atomic mass is 15.0. The maximum absolute atomic E-state index is 4.63. The van der Waals surface area contributed by atoms with Crippen molar-refractivity contribution in [1.29, 1.82) is 0 Å². The third-order valence-electron chi connectivity index (χ3n) is 2.94. The Hall–Kier alpha value is -1.41. The normalized spacial score (nSPS) is 11.6. The van der Waals surface area contributed by atoms with Gasteiger partial charge in [-0.3, -0.25) is 4.98 Å². The summed E-state index contributed by atoms with van der Waals surface area (Å²) in [7, 11) is 4.18. The van der Waals surface area contributed by atoms with E-state index < -0.39 is 0 Å². The molecule has 0 saturated carbocycles. The van der Waals surface area contributed by atoms with Gasteiger partial charge in [-0.15, -0.1) is 0 Å². The first-order chi connectivity index (χ1) is 8.09. The molecule has 0 aliphatic carbocycles. The molecule has 2 nitrogen and oxygen atoms in total. The van der Waals surface area contributed by atoms with Crippen LogP contribution in [0, 0.1) is 0 Å². The second-order valence-corrected chi connectivity index (χ2v) is 5.11. The van der Waals surface area contributed by atoms with Gasteiger partial charge in [-0.2, -0.15) is 0 Å². The molecule has 0 aliphatic rings. The fourth-order valence-corrected chi connectivity index (χ4v) is 2.20. The quantitative estimate of drug-likeness (QED) is 0.800. The monoisotopic (exact) mass is 228 g/mol. The van der Waals surface area contributed by atoms with Gasteiger partial charge < -0.3 is 4.90 Å².